The van der Waals surface area contributed by atoms with Gasteiger partial charge in [0.2, 0.25) is 0 Å². The second kappa shape index (κ2) is 4.35. The Morgan fingerprint density at radius 2 is 1.68 bits per heavy atom. The molecule has 1 aromatic heterocycles. The van der Waals surface area contributed by atoms with Crippen LogP contribution in [0.2, 0.25) is 0 Å². The third kappa shape index (κ3) is 2.03. The van der Waals surface area contributed by atoms with Crippen molar-refractivity contribution in [2.45, 2.75) is 13.8 Å². The van der Waals surface area contributed by atoms with Crippen LogP contribution >= 0.6 is 0 Å². The number of rotatable bonds is 1. The van der Waals surface area contributed by atoms with E-state index in [-0.39, 0.29) is 5.56 Å². The number of fused-ring (bicyclic) bond motifs is 1. The maximum atomic E-state index is 12.1. The Morgan fingerprint density at radius 3 is 2.42 bits per heavy atom. The highest BCUT2D eigenvalue weighted by atomic mass is 16.1. The van der Waals surface area contributed by atoms with Crippen LogP contribution in [0.25, 0.3) is 22.3 Å². The lowest BCUT2D eigenvalue weighted by molar-refractivity contribution is 1.21. The second-order valence-electron chi connectivity index (χ2n) is 4.73. The first-order valence-corrected chi connectivity index (χ1v) is 6.22. The highest BCUT2D eigenvalue weighted by Crippen LogP contribution is 2.18. The summed E-state index contributed by atoms with van der Waals surface area (Å²) in [6.45, 7) is 4.07. The third-order valence-corrected chi connectivity index (χ3v) is 3.35. The number of aromatic nitrogens is 2. The van der Waals surface area contributed by atoms with Crippen molar-refractivity contribution in [1.29, 1.82) is 0 Å². The topological polar surface area (TPSA) is 45.8 Å². The van der Waals surface area contributed by atoms with Gasteiger partial charge in [0.1, 0.15) is 5.69 Å². The summed E-state index contributed by atoms with van der Waals surface area (Å²) in [6.07, 6.45) is 0. The summed E-state index contributed by atoms with van der Waals surface area (Å²) in [7, 11) is 0. The van der Waals surface area contributed by atoms with Gasteiger partial charge in [0, 0.05) is 5.56 Å². The van der Waals surface area contributed by atoms with Crippen LogP contribution < -0.4 is 5.56 Å². The maximum Gasteiger partial charge on any atom is 0.274 e. The van der Waals surface area contributed by atoms with E-state index in [4.69, 9.17) is 0 Å². The number of hydrogen-bond donors (Lipinski definition) is 1. The number of aryl methyl sites for hydroxylation is 2. The first-order chi connectivity index (χ1) is 9.15. The summed E-state index contributed by atoms with van der Waals surface area (Å²) in [5.74, 6) is 0. The monoisotopic (exact) mass is 250 g/mol. The Labute approximate surface area is 111 Å². The Balaban J connectivity index is 2.31. The van der Waals surface area contributed by atoms with Crippen molar-refractivity contribution in [1.82, 2.24) is 9.97 Å². The highest BCUT2D eigenvalue weighted by Gasteiger charge is 2.07. The molecule has 3 heteroatoms. The first-order valence-electron chi connectivity index (χ1n) is 6.22. The fraction of sp³-hybridized carbons (Fsp3) is 0.125. The molecule has 3 nitrogen and oxygen atoms in total. The van der Waals surface area contributed by atoms with Crippen LogP contribution in [0.15, 0.2) is 47.3 Å². The lowest BCUT2D eigenvalue weighted by Gasteiger charge is -2.05. The van der Waals surface area contributed by atoms with Gasteiger partial charge in [-0.3, -0.25) is 4.79 Å². The summed E-state index contributed by atoms with van der Waals surface area (Å²) in [4.78, 5) is 19.5. The van der Waals surface area contributed by atoms with Crippen molar-refractivity contribution >= 4 is 11.0 Å². The zero-order valence-corrected chi connectivity index (χ0v) is 10.9. The molecule has 0 aliphatic heterocycles. The average molecular weight is 250 g/mol. The van der Waals surface area contributed by atoms with Gasteiger partial charge >= 0.3 is 0 Å². The smallest absolute Gasteiger partial charge is 0.274 e. The van der Waals surface area contributed by atoms with Crippen molar-refractivity contribution in [3.63, 3.8) is 0 Å². The molecule has 0 amide bonds. The molecule has 0 unspecified atom stereocenters. The maximum absolute atomic E-state index is 12.1. The number of aromatic amines is 1. The van der Waals surface area contributed by atoms with E-state index in [1.165, 1.54) is 5.56 Å². The van der Waals surface area contributed by atoms with E-state index in [1.807, 2.05) is 56.3 Å². The van der Waals surface area contributed by atoms with Gasteiger partial charge in [-0.15, -0.1) is 0 Å². The van der Waals surface area contributed by atoms with E-state index in [0.29, 0.717) is 5.69 Å². The van der Waals surface area contributed by atoms with Gasteiger partial charge in [-0.1, -0.05) is 30.3 Å². The van der Waals surface area contributed by atoms with Gasteiger partial charge in [-0.2, -0.15) is 0 Å². The minimum Gasteiger partial charge on any atom is -0.319 e. The molecule has 0 bridgehead atoms. The van der Waals surface area contributed by atoms with Crippen molar-refractivity contribution in [2.24, 2.45) is 0 Å². The van der Waals surface area contributed by atoms with E-state index in [0.717, 1.165) is 22.2 Å². The van der Waals surface area contributed by atoms with Crippen LogP contribution in [0.4, 0.5) is 0 Å². The molecule has 0 aliphatic rings. The number of nitrogens with one attached hydrogen (secondary N) is 1. The molecule has 94 valence electrons. The van der Waals surface area contributed by atoms with Gasteiger partial charge in [0.25, 0.3) is 5.56 Å². The Morgan fingerprint density at radius 1 is 1.00 bits per heavy atom. The van der Waals surface area contributed by atoms with Crippen LogP contribution in [-0.4, -0.2) is 9.97 Å². The average Bonchev–Trinajstić information content (AvgIpc) is 2.41. The van der Waals surface area contributed by atoms with Crippen LogP contribution in [0.5, 0.6) is 0 Å². The molecular formula is C16H14N2O. The molecule has 2 aromatic carbocycles. The van der Waals surface area contributed by atoms with E-state index in [2.05, 4.69) is 9.97 Å². The quantitative estimate of drug-likeness (QED) is 0.720. The predicted octanol–water partition coefficient (Wildman–Crippen LogP) is 3.21. The second-order valence-corrected chi connectivity index (χ2v) is 4.73. The molecule has 0 aliphatic carbocycles. The molecule has 1 N–H and O–H groups in total. The summed E-state index contributed by atoms with van der Waals surface area (Å²) < 4.78 is 0. The third-order valence-electron chi connectivity index (χ3n) is 3.35. The Hall–Kier alpha value is -2.42. The number of nitrogens with zero attached hydrogens (tertiary/aromatic N) is 1. The van der Waals surface area contributed by atoms with Gasteiger partial charge < -0.3 is 4.98 Å². The van der Waals surface area contributed by atoms with Crippen molar-refractivity contribution in [3.8, 4) is 11.3 Å². The molecule has 3 aromatic rings. The highest BCUT2D eigenvalue weighted by molar-refractivity contribution is 5.78. The van der Waals surface area contributed by atoms with Crippen molar-refractivity contribution in [3.05, 3.63) is 63.9 Å². The standard InChI is InChI=1S/C16H14N2O/c1-10-8-13-14(9-11(10)2)18-16(19)15(17-13)12-6-4-3-5-7-12/h3-9H,1-2H3,(H,18,19). The minimum absolute atomic E-state index is 0.151. The summed E-state index contributed by atoms with van der Waals surface area (Å²) >= 11 is 0. The molecule has 1 heterocycles. The normalized spacial score (nSPS) is 10.8. The van der Waals surface area contributed by atoms with Gasteiger partial charge in [-0.25, -0.2) is 4.98 Å². The zero-order chi connectivity index (χ0) is 13.4. The number of hydrogen-bond acceptors (Lipinski definition) is 2. The molecule has 0 radical (unpaired) electrons. The van der Waals surface area contributed by atoms with Crippen LogP contribution in [0, 0.1) is 13.8 Å². The van der Waals surface area contributed by atoms with Gasteiger partial charge in [0.15, 0.2) is 0 Å². The predicted molar refractivity (Wildman–Crippen MR) is 77.3 cm³/mol. The fourth-order valence-electron chi connectivity index (χ4n) is 2.14. The summed E-state index contributed by atoms with van der Waals surface area (Å²) in [5, 5.41) is 0. The minimum atomic E-state index is -0.151. The molecule has 3 rings (SSSR count). The Kier molecular flexibility index (Phi) is 2.67. The molecule has 0 fully saturated rings. The Bertz CT molecular complexity index is 804. The molecule has 19 heavy (non-hydrogen) atoms. The van der Waals surface area contributed by atoms with E-state index < -0.39 is 0 Å². The SMILES string of the molecule is Cc1cc2nc(-c3ccccc3)c(=O)[nH]c2cc1C. The van der Waals surface area contributed by atoms with Crippen LogP contribution in [-0.2, 0) is 0 Å². The van der Waals surface area contributed by atoms with E-state index in [1.54, 1.807) is 0 Å². The van der Waals surface area contributed by atoms with Gasteiger partial charge in [-0.05, 0) is 37.1 Å². The first kappa shape index (κ1) is 11.7. The lowest BCUT2D eigenvalue weighted by Crippen LogP contribution is -2.11. The van der Waals surface area contributed by atoms with Crippen molar-refractivity contribution in [2.75, 3.05) is 0 Å². The van der Waals surface area contributed by atoms with Crippen LogP contribution in [0.3, 0.4) is 0 Å². The van der Waals surface area contributed by atoms with Gasteiger partial charge in [0.05, 0.1) is 11.0 Å². The lowest BCUT2D eigenvalue weighted by atomic mass is 10.1. The number of H-pyrrole nitrogens is 1. The number of benzene rings is 2. The van der Waals surface area contributed by atoms with E-state index >= 15 is 0 Å². The molecule has 0 saturated heterocycles. The molecular weight excluding hydrogens is 236 g/mol. The van der Waals surface area contributed by atoms with E-state index in [9.17, 15) is 4.79 Å². The molecule has 0 atom stereocenters. The summed E-state index contributed by atoms with van der Waals surface area (Å²) in [6, 6.07) is 13.5. The largest absolute Gasteiger partial charge is 0.319 e. The molecule has 0 saturated carbocycles. The molecule has 0 spiro atoms. The zero-order valence-electron chi connectivity index (χ0n) is 10.9. The summed E-state index contributed by atoms with van der Waals surface area (Å²) in [5.41, 5.74) is 5.08. The van der Waals surface area contributed by atoms with Crippen molar-refractivity contribution < 1.29 is 0 Å². The van der Waals surface area contributed by atoms with Crippen LogP contribution in [0.1, 0.15) is 11.1 Å². The fourth-order valence-corrected chi connectivity index (χ4v) is 2.14.